The van der Waals surface area contributed by atoms with Crippen molar-refractivity contribution in [3.05, 3.63) is 35.3 Å². The molecule has 0 radical (unpaired) electrons. The molecule has 0 aliphatic heterocycles. The molecule has 0 heterocycles. The van der Waals surface area contributed by atoms with E-state index in [9.17, 15) is 8.42 Å². The van der Waals surface area contributed by atoms with Crippen LogP contribution in [0.4, 0.5) is 0 Å². The third-order valence-corrected chi connectivity index (χ3v) is 5.66. The van der Waals surface area contributed by atoms with Gasteiger partial charge in [0.1, 0.15) is 0 Å². The summed E-state index contributed by atoms with van der Waals surface area (Å²) in [6.07, 6.45) is 0. The number of sulfone groups is 1. The van der Waals surface area contributed by atoms with Gasteiger partial charge in [-0.3, -0.25) is 0 Å². The van der Waals surface area contributed by atoms with Crippen molar-refractivity contribution in [3.63, 3.8) is 0 Å². The monoisotopic (exact) mass is 292 g/mol. The van der Waals surface area contributed by atoms with Crippen LogP contribution in [0.15, 0.2) is 35.3 Å². The van der Waals surface area contributed by atoms with E-state index in [1.165, 1.54) is 0 Å². The molecule has 0 amide bonds. The van der Waals surface area contributed by atoms with E-state index in [0.717, 1.165) is 16.9 Å². The van der Waals surface area contributed by atoms with E-state index in [-0.39, 0.29) is 11.5 Å². The standard InChI is InChI=1S/C12H20O2S3/c1-10(2)6-15-16-7-12(5)9-17(13,14)8-11(3)4/h7H,1,3,6,8-9H2,2,4-5H3/b12-7+. The molecule has 0 aliphatic carbocycles. The van der Waals surface area contributed by atoms with Gasteiger partial charge >= 0.3 is 0 Å². The van der Waals surface area contributed by atoms with Crippen molar-refractivity contribution < 1.29 is 8.42 Å². The molecule has 98 valence electrons. The molecule has 0 aromatic rings. The summed E-state index contributed by atoms with van der Waals surface area (Å²) in [5, 5.41) is 1.89. The minimum absolute atomic E-state index is 0.0712. The second-order valence-electron chi connectivity index (χ2n) is 4.27. The van der Waals surface area contributed by atoms with E-state index in [4.69, 9.17) is 0 Å². The van der Waals surface area contributed by atoms with Gasteiger partial charge < -0.3 is 0 Å². The van der Waals surface area contributed by atoms with Crippen molar-refractivity contribution >= 4 is 31.4 Å². The third-order valence-electron chi connectivity index (χ3n) is 1.54. The smallest absolute Gasteiger partial charge is 0.157 e. The van der Waals surface area contributed by atoms with E-state index >= 15 is 0 Å². The summed E-state index contributed by atoms with van der Waals surface area (Å²) in [5.74, 6) is 1.06. The van der Waals surface area contributed by atoms with Gasteiger partial charge in [-0.1, -0.05) is 51.5 Å². The highest BCUT2D eigenvalue weighted by Gasteiger charge is 2.11. The molecule has 0 aliphatic rings. The minimum atomic E-state index is -3.04. The molecule has 0 fully saturated rings. The van der Waals surface area contributed by atoms with Crippen LogP contribution >= 0.6 is 21.6 Å². The van der Waals surface area contributed by atoms with Gasteiger partial charge in [-0.25, -0.2) is 8.42 Å². The number of hydrogen-bond acceptors (Lipinski definition) is 4. The van der Waals surface area contributed by atoms with Crippen LogP contribution in [0.5, 0.6) is 0 Å². The Labute approximate surface area is 113 Å². The average Bonchev–Trinajstić information content (AvgIpc) is 2.08. The van der Waals surface area contributed by atoms with Gasteiger partial charge in [-0.15, -0.1) is 0 Å². The van der Waals surface area contributed by atoms with Crippen LogP contribution in [0.25, 0.3) is 0 Å². The van der Waals surface area contributed by atoms with Gasteiger partial charge in [0, 0.05) is 5.75 Å². The SMILES string of the molecule is C=C(C)CSS/C=C(\C)CS(=O)(=O)CC(=C)C. The van der Waals surface area contributed by atoms with Crippen LogP contribution in [0.2, 0.25) is 0 Å². The maximum absolute atomic E-state index is 11.7. The summed E-state index contributed by atoms with van der Waals surface area (Å²) in [6, 6.07) is 0. The Morgan fingerprint density at radius 3 is 2.18 bits per heavy atom. The van der Waals surface area contributed by atoms with E-state index in [0.29, 0.717) is 5.57 Å². The van der Waals surface area contributed by atoms with Crippen molar-refractivity contribution in [3.8, 4) is 0 Å². The fourth-order valence-corrected chi connectivity index (χ4v) is 4.88. The van der Waals surface area contributed by atoms with Crippen LogP contribution in [0.3, 0.4) is 0 Å². The number of hydrogen-bond donors (Lipinski definition) is 0. The topological polar surface area (TPSA) is 34.1 Å². The molecule has 0 aromatic carbocycles. The predicted octanol–water partition coefficient (Wildman–Crippen LogP) is 3.84. The first-order valence-corrected chi connectivity index (χ1v) is 9.36. The summed E-state index contributed by atoms with van der Waals surface area (Å²) < 4.78 is 23.3. The highest BCUT2D eigenvalue weighted by Crippen LogP contribution is 2.26. The lowest BCUT2D eigenvalue weighted by molar-refractivity contribution is 0.600. The predicted molar refractivity (Wildman–Crippen MR) is 82.1 cm³/mol. The Hall–Kier alpha value is -0.130. The zero-order valence-electron chi connectivity index (χ0n) is 10.7. The molecule has 0 saturated carbocycles. The summed E-state index contributed by atoms with van der Waals surface area (Å²) in [4.78, 5) is 0. The zero-order valence-corrected chi connectivity index (χ0v) is 13.1. The van der Waals surface area contributed by atoms with E-state index in [2.05, 4.69) is 13.2 Å². The van der Waals surface area contributed by atoms with Crippen molar-refractivity contribution in [2.45, 2.75) is 20.8 Å². The van der Waals surface area contributed by atoms with Crippen molar-refractivity contribution in [1.29, 1.82) is 0 Å². The second-order valence-corrected chi connectivity index (χ2v) is 8.57. The van der Waals surface area contributed by atoms with Crippen LogP contribution < -0.4 is 0 Å². The van der Waals surface area contributed by atoms with E-state index < -0.39 is 9.84 Å². The van der Waals surface area contributed by atoms with Crippen LogP contribution in [-0.4, -0.2) is 25.7 Å². The Balaban J connectivity index is 4.15. The molecule has 0 rings (SSSR count). The Bertz CT molecular complexity index is 405. The zero-order chi connectivity index (χ0) is 13.5. The van der Waals surface area contributed by atoms with Crippen LogP contribution in [-0.2, 0) is 9.84 Å². The molecule has 0 saturated heterocycles. The minimum Gasteiger partial charge on any atom is -0.228 e. The molecule has 0 spiro atoms. The second kappa shape index (κ2) is 8.06. The molecule has 5 heteroatoms. The first kappa shape index (κ1) is 16.9. The van der Waals surface area contributed by atoms with Crippen LogP contribution in [0.1, 0.15) is 20.8 Å². The molecule has 0 aromatic heterocycles. The summed E-state index contributed by atoms with van der Waals surface area (Å²) in [6.45, 7) is 13.0. The van der Waals surface area contributed by atoms with Gasteiger partial charge in [0.25, 0.3) is 0 Å². The summed E-state index contributed by atoms with van der Waals surface area (Å²) >= 11 is 0. The van der Waals surface area contributed by atoms with Gasteiger partial charge in [0.2, 0.25) is 0 Å². The fourth-order valence-electron chi connectivity index (χ4n) is 1.06. The molecular formula is C12H20O2S3. The quantitative estimate of drug-likeness (QED) is 0.387. The largest absolute Gasteiger partial charge is 0.228 e. The highest BCUT2D eigenvalue weighted by molar-refractivity contribution is 8.77. The molecule has 2 nitrogen and oxygen atoms in total. The summed E-state index contributed by atoms with van der Waals surface area (Å²) in [5.41, 5.74) is 2.66. The molecule has 0 atom stereocenters. The molecule has 0 bridgehead atoms. The first-order chi connectivity index (χ1) is 7.73. The first-order valence-electron chi connectivity index (χ1n) is 5.16. The Morgan fingerprint density at radius 2 is 1.71 bits per heavy atom. The summed E-state index contributed by atoms with van der Waals surface area (Å²) in [7, 11) is 0.173. The van der Waals surface area contributed by atoms with Gasteiger partial charge in [-0.05, 0) is 26.2 Å². The fraction of sp³-hybridized carbons (Fsp3) is 0.500. The normalized spacial score (nSPS) is 12.5. The lowest BCUT2D eigenvalue weighted by atomic mass is 10.4. The third kappa shape index (κ3) is 10.7. The highest BCUT2D eigenvalue weighted by atomic mass is 33.1. The maximum atomic E-state index is 11.7. The van der Waals surface area contributed by atoms with Crippen molar-refractivity contribution in [2.24, 2.45) is 0 Å². The van der Waals surface area contributed by atoms with Gasteiger partial charge in [0.05, 0.1) is 11.5 Å². The maximum Gasteiger partial charge on any atom is 0.157 e. The lowest BCUT2D eigenvalue weighted by Gasteiger charge is -2.04. The van der Waals surface area contributed by atoms with Gasteiger partial charge in [0.15, 0.2) is 9.84 Å². The average molecular weight is 292 g/mol. The molecular weight excluding hydrogens is 272 g/mol. The van der Waals surface area contributed by atoms with Crippen LogP contribution in [0, 0.1) is 0 Å². The molecule has 17 heavy (non-hydrogen) atoms. The van der Waals surface area contributed by atoms with E-state index in [1.54, 1.807) is 28.5 Å². The van der Waals surface area contributed by atoms with Crippen molar-refractivity contribution in [2.75, 3.05) is 17.3 Å². The Kier molecular flexibility index (Phi) is 8.00. The lowest BCUT2D eigenvalue weighted by Crippen LogP contribution is -2.12. The Morgan fingerprint density at radius 1 is 1.12 bits per heavy atom. The number of rotatable bonds is 8. The van der Waals surface area contributed by atoms with Gasteiger partial charge in [-0.2, -0.15) is 0 Å². The van der Waals surface area contributed by atoms with E-state index in [1.807, 2.05) is 19.3 Å². The molecule has 0 unspecified atom stereocenters. The molecule has 0 N–H and O–H groups in total. The van der Waals surface area contributed by atoms with Crippen molar-refractivity contribution in [1.82, 2.24) is 0 Å².